The molecule has 0 aromatic heterocycles. The number of benzene rings is 1. The van der Waals surface area contributed by atoms with Crippen molar-refractivity contribution in [1.29, 1.82) is 0 Å². The Morgan fingerprint density at radius 3 is 2.29 bits per heavy atom. The number of carbonyl (C=O) groups is 1. The van der Waals surface area contributed by atoms with Crippen LogP contribution in [0.15, 0.2) is 29.2 Å². The fourth-order valence-corrected chi connectivity index (χ4v) is 2.84. The maximum Gasteiger partial charge on any atom is 0.341 e. The summed E-state index contributed by atoms with van der Waals surface area (Å²) in [5.41, 5.74) is 0.510. The third-order valence-corrected chi connectivity index (χ3v) is 4.72. The molecule has 5 nitrogen and oxygen atoms in total. The van der Waals surface area contributed by atoms with Crippen molar-refractivity contribution in [2.45, 2.75) is 23.5 Å². The number of anilines is 1. The molecule has 21 heavy (non-hydrogen) atoms. The lowest BCUT2D eigenvalue weighted by Crippen LogP contribution is -2.32. The van der Waals surface area contributed by atoms with Gasteiger partial charge in [0.2, 0.25) is 15.7 Å². The van der Waals surface area contributed by atoms with E-state index in [1.807, 2.05) is 0 Å². The van der Waals surface area contributed by atoms with E-state index in [2.05, 4.69) is 5.32 Å². The van der Waals surface area contributed by atoms with Gasteiger partial charge in [-0.15, -0.1) is 0 Å². The first-order valence-electron chi connectivity index (χ1n) is 6.55. The minimum atomic E-state index is -4.57. The topological polar surface area (TPSA) is 66.5 Å². The van der Waals surface area contributed by atoms with Crippen LogP contribution in [0, 0.1) is 0 Å². The number of hydrogen-bond donors (Lipinski definition) is 1. The van der Waals surface area contributed by atoms with E-state index in [-0.39, 0.29) is 12.5 Å². The Labute approximate surface area is 121 Å². The number of rotatable bonds is 5. The summed E-state index contributed by atoms with van der Waals surface area (Å²) < 4.78 is 47.2. The van der Waals surface area contributed by atoms with Crippen molar-refractivity contribution in [2.75, 3.05) is 25.0 Å². The monoisotopic (exact) mass is 318 g/mol. The molecule has 116 valence electrons. The molecule has 1 saturated heterocycles. The summed E-state index contributed by atoms with van der Waals surface area (Å²) in [6.45, 7) is 1.61. The van der Waals surface area contributed by atoms with E-state index in [1.54, 1.807) is 4.90 Å². The predicted molar refractivity (Wildman–Crippen MR) is 73.9 cm³/mol. The molecule has 0 spiro atoms. The largest absolute Gasteiger partial charge is 0.376 e. The molecule has 1 fully saturated rings. The van der Waals surface area contributed by atoms with Gasteiger partial charge < -0.3 is 10.2 Å². The van der Waals surface area contributed by atoms with E-state index in [9.17, 15) is 22.0 Å². The summed E-state index contributed by atoms with van der Waals surface area (Å²) in [5.74, 6) is -3.47. The Bertz CT molecular complexity index is 596. The molecule has 1 heterocycles. The van der Waals surface area contributed by atoms with Gasteiger partial charge in [0, 0.05) is 18.8 Å². The number of sulfone groups is 1. The maximum absolute atomic E-state index is 12.4. The number of likely N-dealkylation sites (tertiary alicyclic amines) is 1. The standard InChI is InChI=1S/C13H16F2N2O3S/c14-13(15)21(19,20)11-5-3-10(4-6-11)16-9-12(18)17-7-1-2-8-17/h3-6,13,16H,1-2,7-9H2. The van der Waals surface area contributed by atoms with E-state index >= 15 is 0 Å². The summed E-state index contributed by atoms with van der Waals surface area (Å²) in [6, 6.07) is 4.94. The molecule has 1 aliphatic rings. The first-order chi connectivity index (χ1) is 9.91. The highest BCUT2D eigenvalue weighted by Crippen LogP contribution is 2.20. The van der Waals surface area contributed by atoms with Gasteiger partial charge in [-0.1, -0.05) is 0 Å². The van der Waals surface area contributed by atoms with E-state index < -0.39 is 20.5 Å². The van der Waals surface area contributed by atoms with Crippen LogP contribution in [0.1, 0.15) is 12.8 Å². The lowest BCUT2D eigenvalue weighted by Gasteiger charge is -2.16. The van der Waals surface area contributed by atoms with E-state index in [1.165, 1.54) is 12.1 Å². The molecular weight excluding hydrogens is 302 g/mol. The highest BCUT2D eigenvalue weighted by Gasteiger charge is 2.26. The number of alkyl halides is 2. The van der Waals surface area contributed by atoms with E-state index in [0.717, 1.165) is 38.1 Å². The first-order valence-corrected chi connectivity index (χ1v) is 8.09. The van der Waals surface area contributed by atoms with E-state index in [4.69, 9.17) is 0 Å². The molecule has 0 aliphatic carbocycles. The Kier molecular flexibility index (Phi) is 4.76. The molecule has 0 atom stereocenters. The molecule has 1 aromatic carbocycles. The smallest absolute Gasteiger partial charge is 0.341 e. The minimum Gasteiger partial charge on any atom is -0.376 e. The van der Waals surface area contributed by atoms with Gasteiger partial charge in [0.1, 0.15) is 0 Å². The van der Waals surface area contributed by atoms with Gasteiger partial charge in [-0.2, -0.15) is 8.78 Å². The van der Waals surface area contributed by atoms with Gasteiger partial charge in [-0.05, 0) is 37.1 Å². The summed E-state index contributed by atoms with van der Waals surface area (Å²) in [7, 11) is -4.57. The van der Waals surface area contributed by atoms with Crippen molar-refractivity contribution in [3.8, 4) is 0 Å². The minimum absolute atomic E-state index is 0.0308. The van der Waals surface area contributed by atoms with Gasteiger partial charge >= 0.3 is 5.76 Å². The van der Waals surface area contributed by atoms with Crippen LogP contribution in [-0.4, -0.2) is 44.6 Å². The third-order valence-electron chi connectivity index (χ3n) is 3.32. The van der Waals surface area contributed by atoms with Crippen LogP contribution in [0.3, 0.4) is 0 Å². The van der Waals surface area contributed by atoms with Crippen LogP contribution in [0.4, 0.5) is 14.5 Å². The highest BCUT2D eigenvalue weighted by molar-refractivity contribution is 7.91. The number of halogens is 2. The summed E-state index contributed by atoms with van der Waals surface area (Å²) in [6.07, 6.45) is 2.01. The molecule has 0 saturated carbocycles. The first kappa shape index (κ1) is 15.7. The van der Waals surface area contributed by atoms with E-state index in [0.29, 0.717) is 5.69 Å². The second-order valence-corrected chi connectivity index (χ2v) is 6.69. The predicted octanol–water partition coefficient (Wildman–Crippen LogP) is 1.72. The van der Waals surface area contributed by atoms with Gasteiger partial charge in [0.25, 0.3) is 0 Å². The highest BCUT2D eigenvalue weighted by atomic mass is 32.2. The third kappa shape index (κ3) is 3.69. The number of amides is 1. The van der Waals surface area contributed by atoms with Crippen molar-refractivity contribution in [1.82, 2.24) is 4.90 Å². The molecule has 2 rings (SSSR count). The van der Waals surface area contributed by atoms with Crippen LogP contribution >= 0.6 is 0 Å². The normalized spacial score (nSPS) is 15.5. The molecule has 1 amide bonds. The van der Waals surface area contributed by atoms with Crippen molar-refractivity contribution in [3.05, 3.63) is 24.3 Å². The Morgan fingerprint density at radius 1 is 1.19 bits per heavy atom. The van der Waals surface area contributed by atoms with Crippen LogP contribution in [0.2, 0.25) is 0 Å². The lowest BCUT2D eigenvalue weighted by molar-refractivity contribution is -0.128. The van der Waals surface area contributed by atoms with Crippen molar-refractivity contribution in [3.63, 3.8) is 0 Å². The lowest BCUT2D eigenvalue weighted by atomic mass is 10.3. The fourth-order valence-electron chi connectivity index (χ4n) is 2.12. The zero-order chi connectivity index (χ0) is 15.5. The molecule has 0 radical (unpaired) electrons. The van der Waals surface area contributed by atoms with Gasteiger partial charge in [0.05, 0.1) is 11.4 Å². The maximum atomic E-state index is 12.4. The fraction of sp³-hybridized carbons (Fsp3) is 0.462. The molecular formula is C13H16F2N2O3S. The zero-order valence-corrected chi connectivity index (χ0v) is 12.1. The van der Waals surface area contributed by atoms with Crippen LogP contribution in [0.25, 0.3) is 0 Å². The number of nitrogens with one attached hydrogen (secondary N) is 1. The second kappa shape index (κ2) is 6.38. The molecule has 8 heteroatoms. The van der Waals surface area contributed by atoms with Gasteiger partial charge in [0.15, 0.2) is 0 Å². The second-order valence-electron chi connectivity index (χ2n) is 4.77. The molecule has 0 unspecified atom stereocenters. The zero-order valence-electron chi connectivity index (χ0n) is 11.3. The van der Waals surface area contributed by atoms with Crippen molar-refractivity contribution < 1.29 is 22.0 Å². The quantitative estimate of drug-likeness (QED) is 0.898. The number of nitrogens with zero attached hydrogens (tertiary/aromatic N) is 1. The van der Waals surface area contributed by atoms with Gasteiger partial charge in [-0.3, -0.25) is 4.79 Å². The number of hydrogen-bond acceptors (Lipinski definition) is 4. The Morgan fingerprint density at radius 2 is 1.76 bits per heavy atom. The summed E-state index contributed by atoms with van der Waals surface area (Å²) in [4.78, 5) is 13.1. The van der Waals surface area contributed by atoms with Crippen LogP contribution < -0.4 is 5.32 Å². The average molecular weight is 318 g/mol. The van der Waals surface area contributed by atoms with Crippen molar-refractivity contribution in [2.24, 2.45) is 0 Å². The molecule has 1 N–H and O–H groups in total. The van der Waals surface area contributed by atoms with Crippen molar-refractivity contribution >= 4 is 21.4 Å². The molecule has 1 aromatic rings. The SMILES string of the molecule is O=C(CNc1ccc(S(=O)(=O)C(F)F)cc1)N1CCCC1. The molecule has 0 bridgehead atoms. The Hall–Kier alpha value is -1.70. The Balaban J connectivity index is 1.95. The van der Waals surface area contributed by atoms with Crippen LogP contribution in [-0.2, 0) is 14.6 Å². The summed E-state index contributed by atoms with van der Waals surface area (Å²) >= 11 is 0. The number of carbonyl (C=O) groups excluding carboxylic acids is 1. The summed E-state index contributed by atoms with van der Waals surface area (Å²) in [5, 5.41) is 2.86. The van der Waals surface area contributed by atoms with Crippen LogP contribution in [0.5, 0.6) is 0 Å². The average Bonchev–Trinajstić information content (AvgIpc) is 2.99. The molecule has 1 aliphatic heterocycles. The van der Waals surface area contributed by atoms with Gasteiger partial charge in [-0.25, -0.2) is 8.42 Å².